The fourth-order valence-electron chi connectivity index (χ4n) is 2.41. The van der Waals surface area contributed by atoms with E-state index in [2.05, 4.69) is 34.3 Å². The molecule has 2 rings (SSSR count). The Morgan fingerprint density at radius 2 is 1.94 bits per heavy atom. The van der Waals surface area contributed by atoms with Gasteiger partial charge in [-0.25, -0.2) is 9.97 Å². The van der Waals surface area contributed by atoms with E-state index in [1.54, 1.807) is 0 Å². The van der Waals surface area contributed by atoms with E-state index in [0.29, 0.717) is 12.1 Å². The summed E-state index contributed by atoms with van der Waals surface area (Å²) in [5.74, 6) is 0.764. The SMILES string of the molecule is Cc1cnc(NC2CCCC(N(C)C)C2)nc1. The van der Waals surface area contributed by atoms with E-state index >= 15 is 0 Å². The van der Waals surface area contributed by atoms with Crippen LogP contribution in [0.5, 0.6) is 0 Å². The van der Waals surface area contributed by atoms with Crippen molar-refractivity contribution in [3.8, 4) is 0 Å². The Balaban J connectivity index is 1.92. The number of hydrogen-bond donors (Lipinski definition) is 1. The van der Waals surface area contributed by atoms with Gasteiger partial charge in [-0.1, -0.05) is 0 Å². The molecule has 1 fully saturated rings. The second kappa shape index (κ2) is 5.45. The lowest BCUT2D eigenvalue weighted by Crippen LogP contribution is -2.38. The van der Waals surface area contributed by atoms with Gasteiger partial charge in [-0.15, -0.1) is 0 Å². The molecule has 1 N–H and O–H groups in total. The first-order valence-corrected chi connectivity index (χ1v) is 6.37. The predicted molar refractivity (Wildman–Crippen MR) is 70.1 cm³/mol. The molecule has 1 aliphatic rings. The van der Waals surface area contributed by atoms with Gasteiger partial charge in [0.2, 0.25) is 5.95 Å². The number of rotatable bonds is 3. The number of nitrogens with one attached hydrogen (secondary N) is 1. The maximum atomic E-state index is 4.31. The topological polar surface area (TPSA) is 41.1 Å². The van der Waals surface area contributed by atoms with Crippen molar-refractivity contribution >= 4 is 5.95 Å². The summed E-state index contributed by atoms with van der Waals surface area (Å²) in [7, 11) is 4.32. The van der Waals surface area contributed by atoms with Gasteiger partial charge < -0.3 is 10.2 Å². The molecule has 4 heteroatoms. The lowest BCUT2D eigenvalue weighted by atomic mass is 9.90. The van der Waals surface area contributed by atoms with E-state index in [4.69, 9.17) is 0 Å². The quantitative estimate of drug-likeness (QED) is 0.869. The molecule has 0 spiro atoms. The minimum absolute atomic E-state index is 0.513. The molecule has 1 saturated carbocycles. The fourth-order valence-corrected chi connectivity index (χ4v) is 2.41. The predicted octanol–water partition coefficient (Wildman–Crippen LogP) is 2.07. The molecular weight excluding hydrogens is 212 g/mol. The van der Waals surface area contributed by atoms with Crippen LogP contribution in [0, 0.1) is 6.92 Å². The second-order valence-electron chi connectivity index (χ2n) is 5.21. The molecule has 0 amide bonds. The van der Waals surface area contributed by atoms with Crippen molar-refractivity contribution in [3.63, 3.8) is 0 Å². The molecule has 17 heavy (non-hydrogen) atoms. The van der Waals surface area contributed by atoms with Crippen LogP contribution in [0.4, 0.5) is 5.95 Å². The minimum atomic E-state index is 0.513. The maximum absolute atomic E-state index is 4.31. The highest BCUT2D eigenvalue weighted by atomic mass is 15.1. The Bertz CT molecular complexity index is 347. The lowest BCUT2D eigenvalue weighted by molar-refractivity contribution is 0.219. The van der Waals surface area contributed by atoms with E-state index in [-0.39, 0.29) is 0 Å². The first-order chi connectivity index (χ1) is 8.15. The van der Waals surface area contributed by atoms with Crippen molar-refractivity contribution in [2.75, 3.05) is 19.4 Å². The first-order valence-electron chi connectivity index (χ1n) is 6.37. The van der Waals surface area contributed by atoms with Crippen molar-refractivity contribution in [2.45, 2.75) is 44.7 Å². The number of aromatic nitrogens is 2. The van der Waals surface area contributed by atoms with E-state index in [9.17, 15) is 0 Å². The molecule has 1 aromatic rings. The minimum Gasteiger partial charge on any atom is -0.351 e. The summed E-state index contributed by atoms with van der Waals surface area (Å²) in [5.41, 5.74) is 1.10. The molecule has 94 valence electrons. The Morgan fingerprint density at radius 1 is 1.24 bits per heavy atom. The zero-order valence-corrected chi connectivity index (χ0v) is 11.0. The molecule has 0 aromatic carbocycles. The zero-order chi connectivity index (χ0) is 12.3. The standard InChI is InChI=1S/C13H22N4/c1-10-8-14-13(15-9-10)16-11-5-4-6-12(7-11)17(2)3/h8-9,11-12H,4-7H2,1-3H3,(H,14,15,16). The average Bonchev–Trinajstić information content (AvgIpc) is 2.32. The van der Waals surface area contributed by atoms with Gasteiger partial charge in [0.05, 0.1) is 0 Å². The van der Waals surface area contributed by atoms with Crippen LogP contribution in [0.3, 0.4) is 0 Å². The van der Waals surface area contributed by atoms with Gasteiger partial charge >= 0.3 is 0 Å². The monoisotopic (exact) mass is 234 g/mol. The molecule has 0 aliphatic heterocycles. The van der Waals surface area contributed by atoms with Crippen LogP contribution >= 0.6 is 0 Å². The summed E-state index contributed by atoms with van der Waals surface area (Å²) in [4.78, 5) is 10.9. The summed E-state index contributed by atoms with van der Waals surface area (Å²) in [6, 6.07) is 1.20. The number of aryl methyl sites for hydroxylation is 1. The molecule has 0 saturated heterocycles. The molecule has 1 aromatic heterocycles. The highest BCUT2D eigenvalue weighted by molar-refractivity contribution is 5.26. The van der Waals surface area contributed by atoms with Crippen LogP contribution in [0.2, 0.25) is 0 Å². The van der Waals surface area contributed by atoms with Gasteiger partial charge in [-0.05, 0) is 52.3 Å². The van der Waals surface area contributed by atoms with Crippen LogP contribution in [0.1, 0.15) is 31.2 Å². The van der Waals surface area contributed by atoms with Gasteiger partial charge in [-0.2, -0.15) is 0 Å². The van der Waals surface area contributed by atoms with Crippen LogP contribution in [-0.2, 0) is 0 Å². The highest BCUT2D eigenvalue weighted by Crippen LogP contribution is 2.23. The molecule has 4 nitrogen and oxygen atoms in total. The van der Waals surface area contributed by atoms with Crippen LogP contribution < -0.4 is 5.32 Å². The van der Waals surface area contributed by atoms with Crippen LogP contribution in [0.15, 0.2) is 12.4 Å². The normalized spacial score (nSPS) is 24.9. The van der Waals surface area contributed by atoms with Crippen molar-refractivity contribution in [1.82, 2.24) is 14.9 Å². The summed E-state index contributed by atoms with van der Waals surface area (Å²) >= 11 is 0. The van der Waals surface area contributed by atoms with Crippen molar-refractivity contribution in [1.29, 1.82) is 0 Å². The third-order valence-corrected chi connectivity index (χ3v) is 3.49. The molecule has 0 bridgehead atoms. The summed E-state index contributed by atoms with van der Waals surface area (Å²) in [6.45, 7) is 2.01. The van der Waals surface area contributed by atoms with Crippen LogP contribution in [0.25, 0.3) is 0 Å². The molecule has 1 aliphatic carbocycles. The zero-order valence-electron chi connectivity index (χ0n) is 11.0. The molecule has 1 heterocycles. The number of anilines is 1. The Labute approximate surface area is 103 Å². The number of hydrogen-bond acceptors (Lipinski definition) is 4. The summed E-state index contributed by atoms with van der Waals surface area (Å²) < 4.78 is 0. The Hall–Kier alpha value is -1.16. The van der Waals surface area contributed by atoms with Gasteiger partial charge in [0.15, 0.2) is 0 Å². The van der Waals surface area contributed by atoms with Crippen molar-refractivity contribution in [3.05, 3.63) is 18.0 Å². The van der Waals surface area contributed by atoms with Crippen LogP contribution in [-0.4, -0.2) is 41.0 Å². The Morgan fingerprint density at radius 3 is 2.59 bits per heavy atom. The highest BCUT2D eigenvalue weighted by Gasteiger charge is 2.23. The number of nitrogens with zero attached hydrogens (tertiary/aromatic N) is 3. The fraction of sp³-hybridized carbons (Fsp3) is 0.692. The Kier molecular flexibility index (Phi) is 3.94. The van der Waals surface area contributed by atoms with E-state index in [1.165, 1.54) is 25.7 Å². The first kappa shape index (κ1) is 12.3. The average molecular weight is 234 g/mol. The van der Waals surface area contributed by atoms with Gasteiger partial charge in [0, 0.05) is 24.5 Å². The van der Waals surface area contributed by atoms with Crippen molar-refractivity contribution in [2.24, 2.45) is 0 Å². The van der Waals surface area contributed by atoms with Gasteiger partial charge in [0.25, 0.3) is 0 Å². The van der Waals surface area contributed by atoms with Gasteiger partial charge in [-0.3, -0.25) is 0 Å². The molecular formula is C13H22N4. The summed E-state index contributed by atoms with van der Waals surface area (Å²) in [6.07, 6.45) is 8.72. The van der Waals surface area contributed by atoms with E-state index in [0.717, 1.165) is 11.5 Å². The largest absolute Gasteiger partial charge is 0.351 e. The van der Waals surface area contributed by atoms with E-state index in [1.807, 2.05) is 19.3 Å². The van der Waals surface area contributed by atoms with Gasteiger partial charge in [0.1, 0.15) is 0 Å². The van der Waals surface area contributed by atoms with Crippen molar-refractivity contribution < 1.29 is 0 Å². The third kappa shape index (κ3) is 3.40. The third-order valence-electron chi connectivity index (χ3n) is 3.49. The molecule has 2 unspecified atom stereocenters. The molecule has 2 atom stereocenters. The second-order valence-corrected chi connectivity index (χ2v) is 5.21. The maximum Gasteiger partial charge on any atom is 0.222 e. The molecule has 0 radical (unpaired) electrons. The lowest BCUT2D eigenvalue weighted by Gasteiger charge is -2.33. The van der Waals surface area contributed by atoms with E-state index < -0.39 is 0 Å². The summed E-state index contributed by atoms with van der Waals surface area (Å²) in [5, 5.41) is 3.44. The smallest absolute Gasteiger partial charge is 0.222 e.